The van der Waals surface area contributed by atoms with Crippen molar-refractivity contribution in [3.05, 3.63) is 436 Å². The number of carboxylic acids is 10. The molecule has 0 spiro atoms. The van der Waals surface area contributed by atoms with Crippen LogP contribution in [0.3, 0.4) is 0 Å². The first-order valence-corrected chi connectivity index (χ1v) is 42.8. The Hall–Kier alpha value is -7.17. The number of carbonyl (C=O) groups excluding carboxylic acids is 10. The monoisotopic (exact) mass is 2650 g/mol. The van der Waals surface area contributed by atoms with Gasteiger partial charge in [-0.25, -0.2) is 0 Å². The average molecular weight is 2650 g/mol. The summed E-state index contributed by atoms with van der Waals surface area (Å²) in [4.78, 5) is 120. The van der Waals surface area contributed by atoms with E-state index in [2.05, 4.69) is 19.9 Å². The van der Waals surface area contributed by atoms with Crippen molar-refractivity contribution in [3.63, 3.8) is 0 Å². The Morgan fingerprint density at radius 2 is 0.246 bits per heavy atom. The van der Waals surface area contributed by atoms with Crippen molar-refractivity contribution < 1.29 is 208 Å². The van der Waals surface area contributed by atoms with Crippen LogP contribution < -0.4 is 51.1 Å². The summed E-state index contributed by atoms with van der Waals surface area (Å²) in [7, 11) is 0. The number of pyridine rings is 4. The molecule has 138 heavy (non-hydrogen) atoms. The maximum absolute atomic E-state index is 10.3. The molecule has 0 bridgehead atoms. The van der Waals surface area contributed by atoms with Gasteiger partial charge in [0.25, 0.3) is 0 Å². The first-order valence-electron chi connectivity index (χ1n) is 35.3. The summed E-state index contributed by atoms with van der Waals surface area (Å²) in [5.74, 6) is -12.8. The molecule has 0 amide bonds. The van der Waals surface area contributed by atoms with Crippen molar-refractivity contribution in [1.29, 1.82) is 0 Å². The van der Waals surface area contributed by atoms with Crippen molar-refractivity contribution >= 4 is 292 Å². The Labute approximate surface area is 966 Å². The molecule has 48 heteroatoms. The molecule has 24 nitrogen and oxygen atoms in total. The summed E-state index contributed by atoms with van der Waals surface area (Å²) < 4.78 is 0. The molecule has 14 aromatic rings. The predicted molar refractivity (Wildman–Crippen MR) is 503 cm³/mol. The Balaban J connectivity index is 0. The van der Waals surface area contributed by atoms with Gasteiger partial charge in [0.2, 0.25) is 0 Å². The van der Waals surface area contributed by atoms with Crippen LogP contribution in [0.5, 0.6) is 0 Å². The number of carboxylic acid groups (broad SMARTS) is 10. The minimum absolute atomic E-state index is 0. The Kier molecular flexibility index (Phi) is 67.9. The third-order valence-electron chi connectivity index (χ3n) is 14.2. The maximum Gasteiger partial charge on any atom is 3.00 e. The van der Waals surface area contributed by atoms with Gasteiger partial charge in [0, 0.05) is 219 Å². The van der Waals surface area contributed by atoms with Crippen molar-refractivity contribution in [3.8, 4) is 22.8 Å². The topological polar surface area (TPSA) is 453 Å². The molecule has 0 atom stereocenters. The molecule has 0 fully saturated rings. The molecule has 4 aromatic heterocycles. The van der Waals surface area contributed by atoms with Crippen molar-refractivity contribution in [2.75, 3.05) is 0 Å². The molecule has 0 saturated carbocycles. The van der Waals surface area contributed by atoms with Crippen LogP contribution in [0.4, 0.5) is 0 Å². The van der Waals surface area contributed by atoms with Crippen LogP contribution in [0.25, 0.3) is 22.8 Å². The van der Waals surface area contributed by atoms with Gasteiger partial charge >= 0.3 is 71.2 Å². The number of aromatic carboxylic acids is 10. The first-order chi connectivity index (χ1) is 62.9. The fraction of sp³-hybridized carbons (Fsp3) is 0. The normalized spacial score (nSPS) is 9.36. The fourth-order valence-corrected chi connectivity index (χ4v) is 14.0. The van der Waals surface area contributed by atoms with E-state index in [-0.39, 0.29) is 265 Å². The molecule has 4 heterocycles. The average Bonchev–Trinajstić information content (AvgIpc) is 0.901. The van der Waals surface area contributed by atoms with E-state index in [9.17, 15) is 99.0 Å². The molecule has 10 aromatic carbocycles. The van der Waals surface area contributed by atoms with Gasteiger partial charge in [0.15, 0.2) is 0 Å². The number of nitrogens with zero attached hydrogens (tertiary/aromatic N) is 4. The second-order valence-electron chi connectivity index (χ2n) is 24.3. The smallest absolute Gasteiger partial charge is 0.545 e. The van der Waals surface area contributed by atoms with Crippen LogP contribution in [0.15, 0.2) is 280 Å². The van der Waals surface area contributed by atoms with Gasteiger partial charge in [-0.1, -0.05) is 256 Å². The number of carbonyl (C=O) groups is 10. The molecule has 0 saturated heterocycles. The number of aromatic nitrogens is 4. The van der Waals surface area contributed by atoms with E-state index in [0.717, 1.165) is 22.8 Å². The van der Waals surface area contributed by atoms with E-state index in [4.69, 9.17) is 232 Å². The van der Waals surface area contributed by atoms with Crippen molar-refractivity contribution in [2.45, 2.75) is 0 Å². The molecule has 14 rings (SSSR count). The van der Waals surface area contributed by atoms with E-state index in [1.54, 1.807) is 24.8 Å². The quantitative estimate of drug-likeness (QED) is 0.103. The van der Waals surface area contributed by atoms with Crippen LogP contribution >= 0.6 is 232 Å². The fourth-order valence-electron chi connectivity index (χ4n) is 8.77. The van der Waals surface area contributed by atoms with Crippen LogP contribution in [-0.4, -0.2) is 79.6 Å². The number of hydrogen-bond donors (Lipinski definition) is 0. The molecule has 0 N–H and O–H groups in total. The maximum atomic E-state index is 10.3. The SMILES string of the molecule is O=C([O-])c1cc(Cl)cc(Cl)c1.O=C([O-])c1cc(Cl)cc(Cl)c1.O=C([O-])c1cc(Cl)cc(Cl)c1.O=C([O-])c1cc(Cl)cc(Cl)c1.O=C([O-])c1cc(Cl)cc(Cl)c1.O=C([O-])c1cc(Cl)cc(Cl)c1.O=C([O-])c1cc(Cl)cc(Cl)c1.O=C([O-])c1cc(Cl)cc(Cl)c1.O=C([O-])c1cc(Cl)cc(Cl)c1.O=C([O-])c1cc(Cl)cc(Cl)c1.[Dy+3].[Dy].[Ni+2].[Ni+3].c1ccc(-c2ccccn2)nc1.c1ccc(-c2ccccn2)nc1. The predicted octanol–water partition coefficient (Wildman–Crippen LogP) is 17.9. The summed E-state index contributed by atoms with van der Waals surface area (Å²) in [6, 6.07) is 63.3. The van der Waals surface area contributed by atoms with E-state index in [1.807, 2.05) is 72.8 Å². The number of rotatable bonds is 12. The standard InChI is InChI=1S/2C10H8N2.10C7H4Cl2O2.2Dy.2Ni/c2*1-3-7-11-9(5-1)10-6-2-4-8-12-10;10*8-5-1-4(7(10)11)2-6(9)3-5;;;;/h2*1-8H;10*1-3H,(H,10,11);;;;/q;;;;;;;;;;;;;+3;+2;+3/p-10. The van der Waals surface area contributed by atoms with Gasteiger partial charge in [0.05, 0.1) is 82.5 Å². The molecule has 2 radical (unpaired) electrons. The zero-order valence-corrected chi connectivity index (χ0v) is 88.5. The van der Waals surface area contributed by atoms with Crippen LogP contribution in [-0.2, 0) is 33.0 Å². The van der Waals surface area contributed by atoms with Gasteiger partial charge in [-0.3, -0.25) is 19.9 Å². The molecule has 0 aliphatic carbocycles. The largest absolute Gasteiger partial charge is 3.00 e. The van der Waals surface area contributed by atoms with Crippen LogP contribution in [0, 0.1) is 76.3 Å². The second kappa shape index (κ2) is 70.5. The number of benzene rings is 10. The molecule has 0 unspecified atom stereocenters. The van der Waals surface area contributed by atoms with Gasteiger partial charge in [-0.2, -0.15) is 0 Å². The zero-order valence-electron chi connectivity index (χ0n) is 67.3. The van der Waals surface area contributed by atoms with Gasteiger partial charge in [-0.05, 0) is 231 Å². The van der Waals surface area contributed by atoms with Crippen molar-refractivity contribution in [2.24, 2.45) is 0 Å². The minimum atomic E-state index is -1.28. The van der Waals surface area contributed by atoms with E-state index in [1.165, 1.54) is 182 Å². The summed E-state index contributed by atoms with van der Waals surface area (Å²) in [6.45, 7) is 0. The second-order valence-corrected chi connectivity index (χ2v) is 33.0. The van der Waals surface area contributed by atoms with Gasteiger partial charge in [-0.15, -0.1) is 0 Å². The number of halogens is 20. The third kappa shape index (κ3) is 56.6. The van der Waals surface area contributed by atoms with E-state index >= 15 is 0 Å². The summed E-state index contributed by atoms with van der Waals surface area (Å²) >= 11 is 110. The van der Waals surface area contributed by atoms with Crippen LogP contribution in [0.2, 0.25) is 100 Å². The first kappa shape index (κ1) is 133. The van der Waals surface area contributed by atoms with E-state index < -0.39 is 59.7 Å². The molecule has 0 aliphatic heterocycles. The van der Waals surface area contributed by atoms with Crippen molar-refractivity contribution in [1.82, 2.24) is 19.9 Å². The van der Waals surface area contributed by atoms with Gasteiger partial charge < -0.3 is 99.0 Å². The molecular formula is C90H46Cl20Dy2N4Ni2O20-2. The Morgan fingerprint density at radius 3 is 0.304 bits per heavy atom. The summed E-state index contributed by atoms with van der Waals surface area (Å²) in [6.07, 6.45) is 7.07. The van der Waals surface area contributed by atoms with Gasteiger partial charge in [0.1, 0.15) is 0 Å². The Bertz CT molecular complexity index is 5070. The molecule has 0 aliphatic rings. The summed E-state index contributed by atoms with van der Waals surface area (Å²) in [5, 5.41) is 109. The Morgan fingerprint density at radius 1 is 0.167 bits per heavy atom. The molecule has 728 valence electrons. The number of hydrogen-bond acceptors (Lipinski definition) is 24. The van der Waals surface area contributed by atoms with Crippen LogP contribution in [0.1, 0.15) is 104 Å². The molecular weight excluding hydrogens is 2610 g/mol. The third-order valence-corrected chi connectivity index (χ3v) is 18.5. The van der Waals surface area contributed by atoms with E-state index in [0.29, 0.717) is 0 Å². The zero-order chi connectivity index (χ0) is 101. The summed E-state index contributed by atoms with van der Waals surface area (Å²) in [5.41, 5.74) is 3.54. The minimum Gasteiger partial charge on any atom is -0.545 e.